The third kappa shape index (κ3) is 2.41. The Labute approximate surface area is 110 Å². The van der Waals surface area contributed by atoms with Crippen LogP contribution in [0.4, 0.5) is 0 Å². The van der Waals surface area contributed by atoms with Gasteiger partial charge in [-0.25, -0.2) is 4.98 Å². The Hall–Kier alpha value is -3.16. The van der Waals surface area contributed by atoms with Gasteiger partial charge in [-0.05, 0) is 12.1 Å². The Balaban J connectivity index is 2.58. The van der Waals surface area contributed by atoms with Gasteiger partial charge >= 0.3 is 0 Å². The van der Waals surface area contributed by atoms with Crippen LogP contribution in [0.1, 0.15) is 17.2 Å². The molecular formula is C15H8N4. The van der Waals surface area contributed by atoms with Crippen molar-refractivity contribution < 1.29 is 0 Å². The van der Waals surface area contributed by atoms with Crippen LogP contribution in [0.2, 0.25) is 0 Å². The summed E-state index contributed by atoms with van der Waals surface area (Å²) >= 11 is 0. The Kier molecular flexibility index (Phi) is 3.53. The van der Waals surface area contributed by atoms with Gasteiger partial charge in [0.05, 0.1) is 29.1 Å². The van der Waals surface area contributed by atoms with Gasteiger partial charge in [-0.15, -0.1) is 0 Å². The van der Waals surface area contributed by atoms with Crippen molar-refractivity contribution in [1.29, 1.82) is 15.8 Å². The quantitative estimate of drug-likeness (QED) is 0.812. The lowest BCUT2D eigenvalue weighted by atomic mass is 10.0. The van der Waals surface area contributed by atoms with Gasteiger partial charge in [-0.1, -0.05) is 30.3 Å². The second-order valence-electron chi connectivity index (χ2n) is 3.80. The molecule has 0 fully saturated rings. The first-order valence-corrected chi connectivity index (χ1v) is 5.56. The molecule has 19 heavy (non-hydrogen) atoms. The molecular weight excluding hydrogens is 236 g/mol. The lowest BCUT2D eigenvalue weighted by Gasteiger charge is -2.06. The minimum atomic E-state index is -1.03. The largest absolute Gasteiger partial charge is 0.249 e. The molecule has 0 bridgehead atoms. The summed E-state index contributed by atoms with van der Waals surface area (Å²) in [5.74, 6) is -1.03. The van der Waals surface area contributed by atoms with Gasteiger partial charge < -0.3 is 0 Å². The summed E-state index contributed by atoms with van der Waals surface area (Å²) in [5, 5.41) is 26.9. The van der Waals surface area contributed by atoms with Crippen LogP contribution in [0.15, 0.2) is 42.5 Å². The van der Waals surface area contributed by atoms with Crippen molar-refractivity contribution in [3.63, 3.8) is 0 Å². The molecule has 0 N–H and O–H groups in total. The maximum Gasteiger partial charge on any atom is 0.176 e. The van der Waals surface area contributed by atoms with E-state index in [9.17, 15) is 0 Å². The Morgan fingerprint density at radius 2 is 1.58 bits per heavy atom. The predicted octanol–water partition coefficient (Wildman–Crippen LogP) is 2.75. The second kappa shape index (κ2) is 5.45. The van der Waals surface area contributed by atoms with E-state index in [0.29, 0.717) is 5.69 Å². The number of nitriles is 3. The van der Waals surface area contributed by atoms with Gasteiger partial charge in [0.2, 0.25) is 0 Å². The van der Waals surface area contributed by atoms with Gasteiger partial charge in [0, 0.05) is 5.56 Å². The molecule has 4 heteroatoms. The molecule has 88 valence electrons. The van der Waals surface area contributed by atoms with Crippen molar-refractivity contribution in [1.82, 2.24) is 4.98 Å². The molecule has 0 unspecified atom stereocenters. The Morgan fingerprint density at radius 1 is 0.895 bits per heavy atom. The summed E-state index contributed by atoms with van der Waals surface area (Å²) in [6, 6.07) is 18.4. The van der Waals surface area contributed by atoms with Crippen LogP contribution in [0.5, 0.6) is 0 Å². The average Bonchev–Trinajstić information content (AvgIpc) is 2.49. The summed E-state index contributed by atoms with van der Waals surface area (Å²) in [6.45, 7) is 0. The molecule has 2 aromatic rings. The summed E-state index contributed by atoms with van der Waals surface area (Å²) in [5.41, 5.74) is 2.00. The van der Waals surface area contributed by atoms with Gasteiger partial charge in [0.25, 0.3) is 0 Å². The van der Waals surface area contributed by atoms with Crippen LogP contribution >= 0.6 is 0 Å². The molecule has 0 aliphatic heterocycles. The molecule has 0 saturated heterocycles. The minimum absolute atomic E-state index is 0.217. The second-order valence-corrected chi connectivity index (χ2v) is 3.80. The van der Waals surface area contributed by atoms with E-state index in [4.69, 9.17) is 15.8 Å². The first-order valence-electron chi connectivity index (χ1n) is 5.56. The Bertz CT molecular complexity index is 701. The van der Waals surface area contributed by atoms with E-state index in [0.717, 1.165) is 5.56 Å². The predicted molar refractivity (Wildman–Crippen MR) is 68.4 cm³/mol. The highest BCUT2D eigenvalue weighted by Gasteiger charge is 2.17. The molecule has 1 aromatic carbocycles. The molecule has 4 nitrogen and oxygen atoms in total. The number of rotatable bonds is 2. The zero-order chi connectivity index (χ0) is 13.7. The van der Waals surface area contributed by atoms with Crippen molar-refractivity contribution >= 4 is 0 Å². The molecule has 0 aliphatic rings. The maximum absolute atomic E-state index is 9.01. The van der Waals surface area contributed by atoms with E-state index < -0.39 is 5.92 Å². The lowest BCUT2D eigenvalue weighted by molar-refractivity contribution is 1.01. The van der Waals surface area contributed by atoms with Gasteiger partial charge in [0.1, 0.15) is 6.07 Å². The van der Waals surface area contributed by atoms with Crippen LogP contribution in [0.25, 0.3) is 11.3 Å². The first kappa shape index (κ1) is 12.3. The zero-order valence-corrected chi connectivity index (χ0v) is 9.91. The van der Waals surface area contributed by atoms with Gasteiger partial charge in [-0.2, -0.15) is 15.8 Å². The van der Waals surface area contributed by atoms with Crippen LogP contribution in [-0.4, -0.2) is 4.98 Å². The molecule has 1 heterocycles. The van der Waals surface area contributed by atoms with Crippen LogP contribution < -0.4 is 0 Å². The smallest absolute Gasteiger partial charge is 0.176 e. The third-order valence-corrected chi connectivity index (χ3v) is 2.65. The van der Waals surface area contributed by atoms with E-state index >= 15 is 0 Å². The molecule has 0 aliphatic carbocycles. The fourth-order valence-electron chi connectivity index (χ4n) is 1.71. The number of hydrogen-bond donors (Lipinski definition) is 0. The van der Waals surface area contributed by atoms with Crippen molar-refractivity contribution in [3.8, 4) is 29.5 Å². The van der Waals surface area contributed by atoms with Crippen molar-refractivity contribution in [2.24, 2.45) is 0 Å². The zero-order valence-electron chi connectivity index (χ0n) is 9.91. The van der Waals surface area contributed by atoms with Crippen LogP contribution in [0.3, 0.4) is 0 Å². The Morgan fingerprint density at radius 3 is 2.16 bits per heavy atom. The topological polar surface area (TPSA) is 84.3 Å². The van der Waals surface area contributed by atoms with Crippen molar-refractivity contribution in [3.05, 3.63) is 53.7 Å². The number of hydrogen-bond acceptors (Lipinski definition) is 4. The molecule has 0 spiro atoms. The molecule has 0 radical (unpaired) electrons. The SMILES string of the molecule is N#Cc1ccc(-c2ccccc2)nc1C(C#N)C#N. The van der Waals surface area contributed by atoms with Crippen molar-refractivity contribution in [2.75, 3.05) is 0 Å². The highest BCUT2D eigenvalue weighted by molar-refractivity contribution is 5.61. The van der Waals surface area contributed by atoms with Gasteiger partial charge in [0.15, 0.2) is 5.92 Å². The monoisotopic (exact) mass is 244 g/mol. The van der Waals surface area contributed by atoms with E-state index in [1.54, 1.807) is 12.1 Å². The van der Waals surface area contributed by atoms with Crippen LogP contribution in [0, 0.1) is 34.0 Å². The lowest BCUT2D eigenvalue weighted by Crippen LogP contribution is -2.01. The van der Waals surface area contributed by atoms with Gasteiger partial charge in [-0.3, -0.25) is 0 Å². The highest BCUT2D eigenvalue weighted by Crippen LogP contribution is 2.22. The van der Waals surface area contributed by atoms with Crippen molar-refractivity contribution in [2.45, 2.75) is 5.92 Å². The van der Waals surface area contributed by atoms with E-state index in [1.165, 1.54) is 0 Å². The normalized spacial score (nSPS) is 9.37. The highest BCUT2D eigenvalue weighted by atomic mass is 14.7. The maximum atomic E-state index is 9.01. The number of pyridine rings is 1. The molecule has 0 atom stereocenters. The molecule has 2 rings (SSSR count). The summed E-state index contributed by atoms with van der Waals surface area (Å²) in [4.78, 5) is 4.29. The fourth-order valence-corrected chi connectivity index (χ4v) is 1.71. The molecule has 0 saturated carbocycles. The van der Waals surface area contributed by atoms with E-state index in [1.807, 2.05) is 48.5 Å². The summed E-state index contributed by atoms with van der Waals surface area (Å²) in [6.07, 6.45) is 0. The summed E-state index contributed by atoms with van der Waals surface area (Å²) in [7, 11) is 0. The average molecular weight is 244 g/mol. The number of benzene rings is 1. The minimum Gasteiger partial charge on any atom is -0.249 e. The fraction of sp³-hybridized carbons (Fsp3) is 0.0667. The molecule has 1 aromatic heterocycles. The van der Waals surface area contributed by atoms with E-state index in [-0.39, 0.29) is 11.3 Å². The molecule has 0 amide bonds. The number of aromatic nitrogens is 1. The van der Waals surface area contributed by atoms with Crippen LogP contribution in [-0.2, 0) is 0 Å². The number of nitrogens with zero attached hydrogens (tertiary/aromatic N) is 4. The standard InChI is InChI=1S/C15H8N4/c16-8-12-6-7-14(11-4-2-1-3-5-11)19-15(12)13(9-17)10-18/h1-7,13H. The summed E-state index contributed by atoms with van der Waals surface area (Å²) < 4.78 is 0. The first-order chi connectivity index (χ1) is 9.30. The van der Waals surface area contributed by atoms with E-state index in [2.05, 4.69) is 4.98 Å². The third-order valence-electron chi connectivity index (χ3n) is 2.65.